The maximum absolute atomic E-state index is 13.2. The van der Waals surface area contributed by atoms with Crippen molar-refractivity contribution >= 4 is 5.91 Å². The van der Waals surface area contributed by atoms with E-state index in [0.717, 1.165) is 31.3 Å². The van der Waals surface area contributed by atoms with Crippen LogP contribution in [0.15, 0.2) is 18.2 Å². The molecule has 114 valence electrons. The van der Waals surface area contributed by atoms with Crippen LogP contribution in [-0.2, 0) is 0 Å². The van der Waals surface area contributed by atoms with Gasteiger partial charge in [-0.15, -0.1) is 0 Å². The fourth-order valence-corrected chi connectivity index (χ4v) is 3.42. The molecular weight excluding hydrogens is 274 g/mol. The van der Waals surface area contributed by atoms with Gasteiger partial charge >= 0.3 is 0 Å². The number of piperazine rings is 1. The second kappa shape index (κ2) is 6.10. The molecule has 3 nitrogen and oxygen atoms in total. The third-order valence-corrected chi connectivity index (χ3v) is 4.55. The Morgan fingerprint density at radius 2 is 1.52 bits per heavy atom. The minimum absolute atomic E-state index is 0.0989. The molecule has 1 aromatic rings. The van der Waals surface area contributed by atoms with E-state index in [9.17, 15) is 13.6 Å². The third-order valence-electron chi connectivity index (χ3n) is 4.55. The number of amides is 1. The van der Waals surface area contributed by atoms with Crippen LogP contribution in [-0.4, -0.2) is 47.9 Å². The summed E-state index contributed by atoms with van der Waals surface area (Å²) >= 11 is 0. The Morgan fingerprint density at radius 1 is 0.952 bits per heavy atom. The second-order valence-corrected chi connectivity index (χ2v) is 5.92. The molecule has 0 unspecified atom stereocenters. The Morgan fingerprint density at radius 3 is 2.10 bits per heavy atom. The number of rotatable bonds is 2. The van der Waals surface area contributed by atoms with Crippen LogP contribution in [0.4, 0.5) is 8.78 Å². The molecule has 2 fully saturated rings. The molecule has 21 heavy (non-hydrogen) atoms. The van der Waals surface area contributed by atoms with E-state index in [1.807, 2.05) is 0 Å². The second-order valence-electron chi connectivity index (χ2n) is 5.92. The highest BCUT2D eigenvalue weighted by Gasteiger charge is 2.28. The smallest absolute Gasteiger partial charge is 0.254 e. The number of nitrogens with zero attached hydrogens (tertiary/aromatic N) is 2. The predicted molar refractivity (Wildman–Crippen MR) is 76.1 cm³/mol. The topological polar surface area (TPSA) is 23.6 Å². The monoisotopic (exact) mass is 294 g/mol. The molecule has 5 heteroatoms. The summed E-state index contributed by atoms with van der Waals surface area (Å²) in [4.78, 5) is 16.4. The quantitative estimate of drug-likeness (QED) is 0.837. The molecule has 1 aromatic carbocycles. The van der Waals surface area contributed by atoms with Gasteiger partial charge in [0.1, 0.15) is 11.6 Å². The molecule has 1 aliphatic carbocycles. The van der Waals surface area contributed by atoms with Crippen LogP contribution in [0.3, 0.4) is 0 Å². The molecule has 0 N–H and O–H groups in total. The van der Waals surface area contributed by atoms with Crippen LogP contribution in [0.5, 0.6) is 0 Å². The van der Waals surface area contributed by atoms with Gasteiger partial charge in [0, 0.05) is 43.9 Å². The summed E-state index contributed by atoms with van der Waals surface area (Å²) in [6, 6.07) is 3.66. The maximum atomic E-state index is 13.2. The summed E-state index contributed by atoms with van der Waals surface area (Å²) in [6.07, 6.45) is 5.10. The Kier molecular flexibility index (Phi) is 4.19. The SMILES string of the molecule is O=C(c1cc(F)cc(F)c1)N1CCN(C2CCCC2)CC1. The minimum atomic E-state index is -0.706. The number of carbonyl (C=O) groups is 1. The van der Waals surface area contributed by atoms with Crippen LogP contribution in [0.1, 0.15) is 36.0 Å². The van der Waals surface area contributed by atoms with E-state index >= 15 is 0 Å². The van der Waals surface area contributed by atoms with Crippen molar-refractivity contribution in [3.63, 3.8) is 0 Å². The highest BCUT2D eigenvalue weighted by atomic mass is 19.1. The Labute approximate surface area is 123 Å². The van der Waals surface area contributed by atoms with E-state index in [4.69, 9.17) is 0 Å². The van der Waals surface area contributed by atoms with E-state index in [-0.39, 0.29) is 11.5 Å². The van der Waals surface area contributed by atoms with Gasteiger partial charge < -0.3 is 4.90 Å². The molecule has 1 saturated carbocycles. The zero-order valence-electron chi connectivity index (χ0n) is 12.0. The van der Waals surface area contributed by atoms with Gasteiger partial charge in [-0.05, 0) is 25.0 Å². The van der Waals surface area contributed by atoms with Gasteiger partial charge in [0.05, 0.1) is 0 Å². The first-order chi connectivity index (χ1) is 10.1. The average Bonchev–Trinajstić information content (AvgIpc) is 3.00. The van der Waals surface area contributed by atoms with Crippen molar-refractivity contribution in [3.05, 3.63) is 35.4 Å². The first-order valence-corrected chi connectivity index (χ1v) is 7.63. The van der Waals surface area contributed by atoms with Crippen molar-refractivity contribution in [1.82, 2.24) is 9.80 Å². The van der Waals surface area contributed by atoms with Crippen LogP contribution in [0.2, 0.25) is 0 Å². The van der Waals surface area contributed by atoms with Crippen molar-refractivity contribution in [2.45, 2.75) is 31.7 Å². The zero-order valence-corrected chi connectivity index (χ0v) is 12.0. The molecule has 1 aliphatic heterocycles. The lowest BCUT2D eigenvalue weighted by Crippen LogP contribution is -2.51. The van der Waals surface area contributed by atoms with Gasteiger partial charge in [-0.25, -0.2) is 8.78 Å². The normalized spacial score (nSPS) is 21.0. The number of hydrogen-bond donors (Lipinski definition) is 0. The fraction of sp³-hybridized carbons (Fsp3) is 0.562. The van der Waals surface area contributed by atoms with Gasteiger partial charge in [-0.3, -0.25) is 9.69 Å². The van der Waals surface area contributed by atoms with Gasteiger partial charge in [0.2, 0.25) is 0 Å². The van der Waals surface area contributed by atoms with Crippen LogP contribution in [0, 0.1) is 11.6 Å². The molecule has 0 atom stereocenters. The molecule has 2 aliphatic rings. The summed E-state index contributed by atoms with van der Waals surface area (Å²) in [5.74, 6) is -1.69. The first kappa shape index (κ1) is 14.4. The van der Waals surface area contributed by atoms with Crippen molar-refractivity contribution in [3.8, 4) is 0 Å². The molecule has 3 rings (SSSR count). The molecule has 1 saturated heterocycles. The summed E-state index contributed by atoms with van der Waals surface area (Å²) < 4.78 is 26.4. The van der Waals surface area contributed by atoms with Crippen LogP contribution >= 0.6 is 0 Å². The molecule has 0 spiro atoms. The zero-order chi connectivity index (χ0) is 14.8. The van der Waals surface area contributed by atoms with Crippen molar-refractivity contribution in [2.24, 2.45) is 0 Å². The molecule has 0 aromatic heterocycles. The lowest BCUT2D eigenvalue weighted by atomic mass is 10.1. The molecule has 0 bridgehead atoms. The van der Waals surface area contributed by atoms with Gasteiger partial charge in [0.15, 0.2) is 0 Å². The number of carbonyl (C=O) groups excluding carboxylic acids is 1. The predicted octanol–water partition coefficient (Wildman–Crippen LogP) is 2.67. The van der Waals surface area contributed by atoms with E-state index in [2.05, 4.69) is 4.90 Å². The summed E-state index contributed by atoms with van der Waals surface area (Å²) in [5, 5.41) is 0. The van der Waals surface area contributed by atoms with Gasteiger partial charge in [-0.1, -0.05) is 12.8 Å². The minimum Gasteiger partial charge on any atom is -0.336 e. The molecule has 1 heterocycles. The maximum Gasteiger partial charge on any atom is 0.254 e. The van der Waals surface area contributed by atoms with Crippen molar-refractivity contribution < 1.29 is 13.6 Å². The number of benzene rings is 1. The van der Waals surface area contributed by atoms with E-state index in [0.29, 0.717) is 19.1 Å². The highest BCUT2D eigenvalue weighted by Crippen LogP contribution is 2.24. The fourth-order valence-electron chi connectivity index (χ4n) is 3.42. The van der Waals surface area contributed by atoms with E-state index in [1.54, 1.807) is 4.90 Å². The summed E-state index contributed by atoms with van der Waals surface area (Å²) in [5.41, 5.74) is 0.0989. The van der Waals surface area contributed by atoms with Crippen molar-refractivity contribution in [1.29, 1.82) is 0 Å². The van der Waals surface area contributed by atoms with E-state index < -0.39 is 11.6 Å². The summed E-state index contributed by atoms with van der Waals surface area (Å²) in [7, 11) is 0. The largest absolute Gasteiger partial charge is 0.336 e. The Hall–Kier alpha value is -1.49. The number of hydrogen-bond acceptors (Lipinski definition) is 2. The molecular formula is C16H20F2N2O. The highest BCUT2D eigenvalue weighted by molar-refractivity contribution is 5.94. The number of halogens is 2. The van der Waals surface area contributed by atoms with E-state index in [1.165, 1.54) is 25.7 Å². The standard InChI is InChI=1S/C16H20F2N2O/c17-13-9-12(10-14(18)11-13)16(21)20-7-5-19(6-8-20)15-3-1-2-4-15/h9-11,15H,1-8H2. The van der Waals surface area contributed by atoms with Crippen LogP contribution in [0.25, 0.3) is 0 Å². The third kappa shape index (κ3) is 3.23. The van der Waals surface area contributed by atoms with Crippen LogP contribution < -0.4 is 0 Å². The van der Waals surface area contributed by atoms with Crippen molar-refractivity contribution in [2.75, 3.05) is 26.2 Å². The Balaban J connectivity index is 1.62. The van der Waals surface area contributed by atoms with Gasteiger partial charge in [-0.2, -0.15) is 0 Å². The molecule has 0 radical (unpaired) electrons. The summed E-state index contributed by atoms with van der Waals surface area (Å²) in [6.45, 7) is 2.98. The first-order valence-electron chi connectivity index (χ1n) is 7.63. The lowest BCUT2D eigenvalue weighted by Gasteiger charge is -2.38. The lowest BCUT2D eigenvalue weighted by molar-refractivity contribution is 0.0572. The van der Waals surface area contributed by atoms with Gasteiger partial charge in [0.25, 0.3) is 5.91 Å². The average molecular weight is 294 g/mol. The Bertz CT molecular complexity index is 501. The molecule has 1 amide bonds.